The molecule has 0 fully saturated rings. The molecule has 0 saturated carbocycles. The number of pyridine rings is 1. The lowest BCUT2D eigenvalue weighted by Gasteiger charge is -2.03. The van der Waals surface area contributed by atoms with E-state index in [1.54, 1.807) is 6.07 Å². The van der Waals surface area contributed by atoms with Crippen LogP contribution in [0, 0.1) is 0 Å². The van der Waals surface area contributed by atoms with Crippen LogP contribution in [0.15, 0.2) is 26.0 Å². The second-order valence-corrected chi connectivity index (χ2v) is 4.18. The molecule has 13 heavy (non-hydrogen) atoms. The predicted molar refractivity (Wildman–Crippen MR) is 55.3 cm³/mol. The molecule has 0 radical (unpaired) electrons. The van der Waals surface area contributed by atoms with Crippen LogP contribution in [-0.4, -0.2) is 10.5 Å². The molecule has 2 N–H and O–H groups in total. The third kappa shape index (κ3) is 2.67. The summed E-state index contributed by atoms with van der Waals surface area (Å²) in [4.78, 5) is 21.9. The summed E-state index contributed by atoms with van der Waals surface area (Å²) in [6.07, 6.45) is 1.51. The van der Waals surface area contributed by atoms with E-state index in [0.29, 0.717) is 8.95 Å². The number of aromatic nitrogens is 1. The van der Waals surface area contributed by atoms with Crippen LogP contribution in [0.1, 0.15) is 0 Å². The van der Waals surface area contributed by atoms with E-state index >= 15 is 0 Å². The van der Waals surface area contributed by atoms with E-state index in [1.807, 2.05) is 0 Å². The van der Waals surface area contributed by atoms with Crippen molar-refractivity contribution in [3.8, 4) is 0 Å². The Morgan fingerprint density at radius 1 is 1.54 bits per heavy atom. The normalized spacial score (nSPS) is 10.0. The van der Waals surface area contributed by atoms with E-state index < -0.39 is 5.91 Å². The molecule has 1 aromatic heterocycles. The molecule has 0 aliphatic rings. The van der Waals surface area contributed by atoms with Gasteiger partial charge in [0.25, 0.3) is 5.56 Å². The van der Waals surface area contributed by atoms with Gasteiger partial charge < -0.3 is 10.3 Å². The van der Waals surface area contributed by atoms with Crippen LogP contribution < -0.4 is 11.3 Å². The molecule has 0 aliphatic heterocycles. The first-order valence-electron chi connectivity index (χ1n) is 3.34. The highest BCUT2D eigenvalue weighted by Gasteiger charge is 2.04. The third-order valence-corrected chi connectivity index (χ3v) is 2.34. The van der Waals surface area contributed by atoms with Crippen molar-refractivity contribution < 1.29 is 4.79 Å². The Morgan fingerprint density at radius 2 is 2.15 bits per heavy atom. The molecule has 1 heterocycles. The fraction of sp³-hybridized carbons (Fsp3) is 0.143. The summed E-state index contributed by atoms with van der Waals surface area (Å²) in [5, 5.41) is 0. The average molecular weight is 310 g/mol. The SMILES string of the molecule is NC(=O)Cn1cc(Br)cc(Br)c1=O. The summed E-state index contributed by atoms with van der Waals surface area (Å²) in [6, 6.07) is 1.61. The summed E-state index contributed by atoms with van der Waals surface area (Å²) in [5.41, 5.74) is 4.69. The van der Waals surface area contributed by atoms with Gasteiger partial charge in [0.05, 0.1) is 4.47 Å². The molecule has 1 rings (SSSR count). The first-order chi connectivity index (χ1) is 6.00. The lowest BCUT2D eigenvalue weighted by atomic mass is 10.4. The Bertz CT molecular complexity index is 400. The van der Waals surface area contributed by atoms with Crippen LogP contribution in [0.5, 0.6) is 0 Å². The maximum atomic E-state index is 11.3. The summed E-state index contributed by atoms with van der Waals surface area (Å²) >= 11 is 6.27. The summed E-state index contributed by atoms with van der Waals surface area (Å²) in [5.74, 6) is -0.549. The van der Waals surface area contributed by atoms with Crippen molar-refractivity contribution in [1.82, 2.24) is 4.57 Å². The molecule has 0 spiro atoms. The van der Waals surface area contributed by atoms with Crippen molar-refractivity contribution in [3.05, 3.63) is 31.6 Å². The number of primary amides is 1. The van der Waals surface area contributed by atoms with E-state index in [1.165, 1.54) is 10.8 Å². The lowest BCUT2D eigenvalue weighted by Crippen LogP contribution is -2.27. The molecular weight excluding hydrogens is 304 g/mol. The minimum atomic E-state index is -0.549. The first-order valence-corrected chi connectivity index (χ1v) is 4.93. The van der Waals surface area contributed by atoms with E-state index in [0.717, 1.165) is 0 Å². The van der Waals surface area contributed by atoms with Gasteiger partial charge in [-0.05, 0) is 37.9 Å². The largest absolute Gasteiger partial charge is 0.368 e. The maximum Gasteiger partial charge on any atom is 0.265 e. The molecule has 0 unspecified atom stereocenters. The van der Waals surface area contributed by atoms with Crippen LogP contribution in [-0.2, 0) is 11.3 Å². The van der Waals surface area contributed by atoms with Gasteiger partial charge >= 0.3 is 0 Å². The molecule has 70 valence electrons. The third-order valence-electron chi connectivity index (χ3n) is 1.34. The van der Waals surface area contributed by atoms with Crippen molar-refractivity contribution in [2.45, 2.75) is 6.54 Å². The van der Waals surface area contributed by atoms with Gasteiger partial charge in [0.2, 0.25) is 5.91 Å². The molecular formula is C7H6Br2N2O2. The fourth-order valence-corrected chi connectivity index (χ4v) is 2.11. The van der Waals surface area contributed by atoms with E-state index in [9.17, 15) is 9.59 Å². The Balaban J connectivity index is 3.21. The molecule has 0 bridgehead atoms. The van der Waals surface area contributed by atoms with Crippen LogP contribution in [0.2, 0.25) is 0 Å². The quantitative estimate of drug-likeness (QED) is 0.880. The van der Waals surface area contributed by atoms with Gasteiger partial charge in [-0.3, -0.25) is 9.59 Å². The number of hydrogen-bond acceptors (Lipinski definition) is 2. The summed E-state index contributed by atoms with van der Waals surface area (Å²) in [6.45, 7) is -0.114. The molecule has 0 atom stereocenters. The van der Waals surface area contributed by atoms with Gasteiger partial charge in [-0.1, -0.05) is 0 Å². The standard InChI is InChI=1S/C7H6Br2N2O2/c8-4-1-5(9)7(13)11(2-4)3-6(10)12/h1-2H,3H2,(H2,10,12). The second kappa shape index (κ2) is 4.06. The Hall–Kier alpha value is -0.620. The Morgan fingerprint density at radius 3 is 2.69 bits per heavy atom. The number of amides is 1. The zero-order valence-corrected chi connectivity index (χ0v) is 9.63. The number of nitrogens with two attached hydrogens (primary N) is 1. The minimum Gasteiger partial charge on any atom is -0.368 e. The fourth-order valence-electron chi connectivity index (χ4n) is 0.850. The number of carbonyl (C=O) groups excluding carboxylic acids is 1. The van der Waals surface area contributed by atoms with Crippen LogP contribution in [0.3, 0.4) is 0 Å². The second-order valence-electron chi connectivity index (χ2n) is 2.41. The molecule has 4 nitrogen and oxygen atoms in total. The van der Waals surface area contributed by atoms with Gasteiger partial charge in [-0.2, -0.15) is 0 Å². The molecule has 1 aromatic rings. The highest BCUT2D eigenvalue weighted by atomic mass is 79.9. The highest BCUT2D eigenvalue weighted by molar-refractivity contribution is 9.11. The van der Waals surface area contributed by atoms with Crippen LogP contribution >= 0.6 is 31.9 Å². The van der Waals surface area contributed by atoms with Gasteiger partial charge in [-0.15, -0.1) is 0 Å². The maximum absolute atomic E-state index is 11.3. The monoisotopic (exact) mass is 308 g/mol. The molecule has 0 saturated heterocycles. The van der Waals surface area contributed by atoms with Gasteiger partial charge in [0.15, 0.2) is 0 Å². The predicted octanol–water partition coefficient (Wildman–Crippen LogP) is 0.859. The Labute approximate surface area is 91.0 Å². The zero-order chi connectivity index (χ0) is 10.0. The topological polar surface area (TPSA) is 65.1 Å². The number of hydrogen-bond donors (Lipinski definition) is 1. The van der Waals surface area contributed by atoms with Gasteiger partial charge in [0, 0.05) is 10.7 Å². The lowest BCUT2D eigenvalue weighted by molar-refractivity contribution is -0.118. The smallest absolute Gasteiger partial charge is 0.265 e. The van der Waals surface area contributed by atoms with Gasteiger partial charge in [-0.25, -0.2) is 0 Å². The van der Waals surface area contributed by atoms with Crippen molar-refractivity contribution in [2.24, 2.45) is 5.73 Å². The first kappa shape index (κ1) is 10.5. The van der Waals surface area contributed by atoms with E-state index in [2.05, 4.69) is 31.9 Å². The number of rotatable bonds is 2. The van der Waals surface area contributed by atoms with Crippen LogP contribution in [0.4, 0.5) is 0 Å². The average Bonchev–Trinajstić information content (AvgIpc) is 1.98. The van der Waals surface area contributed by atoms with Crippen LogP contribution in [0.25, 0.3) is 0 Å². The number of carbonyl (C=O) groups is 1. The van der Waals surface area contributed by atoms with Crippen molar-refractivity contribution in [1.29, 1.82) is 0 Å². The van der Waals surface area contributed by atoms with Crippen molar-refractivity contribution in [3.63, 3.8) is 0 Å². The molecule has 0 aliphatic carbocycles. The Kier molecular flexibility index (Phi) is 3.27. The minimum absolute atomic E-state index is 0.114. The molecule has 0 aromatic carbocycles. The van der Waals surface area contributed by atoms with Crippen molar-refractivity contribution in [2.75, 3.05) is 0 Å². The summed E-state index contributed by atoms with van der Waals surface area (Å²) in [7, 11) is 0. The highest BCUT2D eigenvalue weighted by Crippen LogP contribution is 2.12. The summed E-state index contributed by atoms with van der Waals surface area (Å²) < 4.78 is 2.33. The zero-order valence-electron chi connectivity index (χ0n) is 6.46. The van der Waals surface area contributed by atoms with E-state index in [4.69, 9.17) is 5.73 Å². The van der Waals surface area contributed by atoms with E-state index in [-0.39, 0.29) is 12.1 Å². The molecule has 6 heteroatoms. The van der Waals surface area contributed by atoms with Crippen molar-refractivity contribution >= 4 is 37.8 Å². The molecule has 1 amide bonds. The number of halogens is 2. The van der Waals surface area contributed by atoms with Gasteiger partial charge in [0.1, 0.15) is 6.54 Å². The number of nitrogens with zero attached hydrogens (tertiary/aromatic N) is 1.